The first kappa shape index (κ1) is 29.3. The normalized spacial score (nSPS) is 9.85. The van der Waals surface area contributed by atoms with Gasteiger partial charge in [0.1, 0.15) is 19.0 Å². The monoisotopic (exact) mass is 524 g/mol. The molecule has 0 radical (unpaired) electrons. The van der Waals surface area contributed by atoms with E-state index in [4.69, 9.17) is 26.4 Å². The van der Waals surface area contributed by atoms with Gasteiger partial charge in [-0.3, -0.25) is 9.59 Å². The molecule has 0 spiro atoms. The molecule has 0 aliphatic rings. The van der Waals surface area contributed by atoms with Gasteiger partial charge in [-0.25, -0.2) is 0 Å². The molecule has 178 valence electrons. The molecule has 0 atom stereocenters. The molecular weight excluding hydrogens is 497 g/mol. The van der Waals surface area contributed by atoms with Crippen molar-refractivity contribution in [1.29, 1.82) is 0 Å². The maximum atomic E-state index is 11.7. The van der Waals surface area contributed by atoms with Crippen molar-refractivity contribution in [1.82, 2.24) is 0 Å². The van der Waals surface area contributed by atoms with Crippen molar-refractivity contribution in [2.75, 3.05) is 44.2 Å². The van der Waals surface area contributed by atoms with Gasteiger partial charge in [0.25, 0.3) is 0 Å². The molecule has 0 unspecified atom stereocenters. The summed E-state index contributed by atoms with van der Waals surface area (Å²) in [6.07, 6.45) is 1.83. The molecule has 0 aliphatic carbocycles. The zero-order chi connectivity index (χ0) is 24.2. The minimum atomic E-state index is -0.298. The number of hydrogen-bond donors (Lipinski definition) is 0. The summed E-state index contributed by atoms with van der Waals surface area (Å²) in [6.45, 7) is 4.59. The molecule has 2 aromatic carbocycles. The van der Waals surface area contributed by atoms with Crippen molar-refractivity contribution in [3.8, 4) is 0 Å². The van der Waals surface area contributed by atoms with Gasteiger partial charge in [-0.05, 0) is 11.1 Å². The first-order chi connectivity index (χ1) is 16.1. The highest BCUT2D eigenvalue weighted by molar-refractivity contribution is 8.76. The van der Waals surface area contributed by atoms with Crippen molar-refractivity contribution >= 4 is 67.8 Å². The topological polar surface area (TPSA) is 61.8 Å². The summed E-state index contributed by atoms with van der Waals surface area (Å²) in [7, 11) is 4.38. The SMILES string of the molecule is C=Cc1ccccc1.COCCOC(=O)CSSCCOC(=O)CSC(=S)c1ccccc1. The van der Waals surface area contributed by atoms with E-state index in [0.717, 1.165) is 5.56 Å². The third-order valence-electron chi connectivity index (χ3n) is 3.61. The van der Waals surface area contributed by atoms with E-state index in [2.05, 4.69) is 6.58 Å². The lowest BCUT2D eigenvalue weighted by Crippen LogP contribution is -2.12. The number of carbonyl (C=O) groups excluding carboxylic acids is 2. The van der Waals surface area contributed by atoms with E-state index < -0.39 is 0 Å². The molecular formula is C24H28O5S4. The fourth-order valence-electron chi connectivity index (χ4n) is 2.03. The Balaban J connectivity index is 0.000000568. The molecule has 0 N–H and O–H groups in total. The van der Waals surface area contributed by atoms with Crippen LogP contribution in [0, 0.1) is 0 Å². The maximum Gasteiger partial charge on any atom is 0.316 e. The molecule has 0 aliphatic heterocycles. The van der Waals surface area contributed by atoms with E-state index in [1.54, 1.807) is 7.11 Å². The number of ether oxygens (including phenoxy) is 3. The van der Waals surface area contributed by atoms with Crippen LogP contribution in [0.25, 0.3) is 6.08 Å². The van der Waals surface area contributed by atoms with Crippen LogP contribution in [-0.2, 0) is 23.8 Å². The second kappa shape index (κ2) is 19.7. The second-order valence-corrected chi connectivity index (χ2v) is 10.3. The fraction of sp³-hybridized carbons (Fsp3) is 0.292. The highest BCUT2D eigenvalue weighted by Crippen LogP contribution is 2.21. The van der Waals surface area contributed by atoms with Crippen LogP contribution in [-0.4, -0.2) is 60.3 Å². The summed E-state index contributed by atoms with van der Waals surface area (Å²) in [6, 6.07) is 19.6. The zero-order valence-corrected chi connectivity index (χ0v) is 21.7. The summed E-state index contributed by atoms with van der Waals surface area (Å²) in [5.41, 5.74) is 2.10. The fourth-order valence-corrected chi connectivity index (χ4v) is 4.61. The van der Waals surface area contributed by atoms with Crippen molar-refractivity contribution in [3.05, 3.63) is 78.4 Å². The lowest BCUT2D eigenvalue weighted by molar-refractivity contribution is -0.142. The van der Waals surface area contributed by atoms with Crippen LogP contribution in [0.5, 0.6) is 0 Å². The van der Waals surface area contributed by atoms with Gasteiger partial charge in [0.15, 0.2) is 0 Å². The quantitative estimate of drug-likeness (QED) is 0.145. The Kier molecular flexibility index (Phi) is 17.4. The van der Waals surface area contributed by atoms with Gasteiger partial charge < -0.3 is 14.2 Å². The third-order valence-corrected chi connectivity index (χ3v) is 7.28. The van der Waals surface area contributed by atoms with Crippen LogP contribution in [0.1, 0.15) is 11.1 Å². The molecule has 0 heterocycles. The van der Waals surface area contributed by atoms with E-state index >= 15 is 0 Å². The number of hydrogen-bond acceptors (Lipinski definition) is 9. The first-order valence-electron chi connectivity index (χ1n) is 10.0. The molecule has 9 heteroatoms. The van der Waals surface area contributed by atoms with Crippen molar-refractivity contribution < 1.29 is 23.8 Å². The van der Waals surface area contributed by atoms with Gasteiger partial charge in [-0.1, -0.05) is 107 Å². The van der Waals surface area contributed by atoms with Crippen molar-refractivity contribution in [2.45, 2.75) is 0 Å². The number of rotatable bonds is 13. The standard InChI is InChI=1S/C16H20O5S4.C8H8/c1-19-7-8-20-15(18)12-25-24-10-9-21-14(17)11-23-16(22)13-5-3-2-4-6-13;1-2-8-6-4-3-5-7-8/h2-6H,7-12H2,1H3;2-7H,1H2. The van der Waals surface area contributed by atoms with Crippen LogP contribution >= 0.6 is 45.6 Å². The molecule has 0 bridgehead atoms. The van der Waals surface area contributed by atoms with Gasteiger partial charge in [0.05, 0.1) is 16.6 Å². The van der Waals surface area contributed by atoms with E-state index in [1.807, 2.05) is 66.7 Å². The highest BCUT2D eigenvalue weighted by Gasteiger charge is 2.08. The summed E-state index contributed by atoms with van der Waals surface area (Å²) >= 11 is 6.56. The van der Waals surface area contributed by atoms with E-state index in [0.29, 0.717) is 23.2 Å². The summed E-state index contributed by atoms with van der Waals surface area (Å²) in [4.78, 5) is 23.0. The molecule has 33 heavy (non-hydrogen) atoms. The van der Waals surface area contributed by atoms with E-state index in [1.165, 1.54) is 38.9 Å². The first-order valence-corrected chi connectivity index (χ1v) is 13.9. The minimum Gasteiger partial charge on any atom is -0.464 e. The molecule has 5 nitrogen and oxygen atoms in total. The number of methoxy groups -OCH3 is 1. The summed E-state index contributed by atoms with van der Waals surface area (Å²) in [5, 5.41) is 0. The van der Waals surface area contributed by atoms with Crippen LogP contribution in [0.3, 0.4) is 0 Å². The Hall–Kier alpha value is -1.78. The van der Waals surface area contributed by atoms with Crippen LogP contribution in [0.15, 0.2) is 67.2 Å². The molecule has 0 saturated carbocycles. The predicted octanol–water partition coefficient (Wildman–Crippen LogP) is 5.54. The maximum absolute atomic E-state index is 11.7. The van der Waals surface area contributed by atoms with Gasteiger partial charge in [0.2, 0.25) is 0 Å². The number of thiocarbonyl (C=S) groups is 1. The molecule has 0 amide bonds. The molecule has 0 saturated heterocycles. The van der Waals surface area contributed by atoms with Crippen LogP contribution in [0.4, 0.5) is 0 Å². The number of benzene rings is 2. The van der Waals surface area contributed by atoms with Crippen LogP contribution < -0.4 is 0 Å². The average Bonchev–Trinajstić information content (AvgIpc) is 2.86. The summed E-state index contributed by atoms with van der Waals surface area (Å²) in [5.74, 6) is 0.474. The Bertz CT molecular complexity index is 831. The Morgan fingerprint density at radius 2 is 1.48 bits per heavy atom. The highest BCUT2D eigenvalue weighted by atomic mass is 33.1. The molecule has 2 aromatic rings. The van der Waals surface area contributed by atoms with Gasteiger partial charge in [-0.15, -0.1) is 11.8 Å². The van der Waals surface area contributed by atoms with E-state index in [9.17, 15) is 9.59 Å². The number of esters is 2. The Morgan fingerprint density at radius 3 is 2.09 bits per heavy atom. The summed E-state index contributed by atoms with van der Waals surface area (Å²) < 4.78 is 15.5. The third kappa shape index (κ3) is 15.6. The Labute approximate surface area is 213 Å². The molecule has 0 aromatic heterocycles. The largest absolute Gasteiger partial charge is 0.464 e. The predicted molar refractivity (Wildman–Crippen MR) is 146 cm³/mol. The van der Waals surface area contributed by atoms with E-state index in [-0.39, 0.29) is 30.1 Å². The molecule has 2 rings (SSSR count). The zero-order valence-electron chi connectivity index (χ0n) is 18.5. The smallest absolute Gasteiger partial charge is 0.316 e. The van der Waals surface area contributed by atoms with Crippen LogP contribution in [0.2, 0.25) is 0 Å². The van der Waals surface area contributed by atoms with Crippen molar-refractivity contribution in [3.63, 3.8) is 0 Å². The average molecular weight is 525 g/mol. The number of carbonyl (C=O) groups is 2. The second-order valence-electron chi connectivity index (χ2n) is 6.07. The van der Waals surface area contributed by atoms with Gasteiger partial charge >= 0.3 is 11.9 Å². The lowest BCUT2D eigenvalue weighted by Gasteiger charge is -2.06. The molecule has 0 fully saturated rings. The van der Waals surface area contributed by atoms with Gasteiger partial charge in [-0.2, -0.15) is 0 Å². The van der Waals surface area contributed by atoms with Gasteiger partial charge in [0, 0.05) is 12.9 Å². The number of thioether (sulfide) groups is 1. The van der Waals surface area contributed by atoms with Crippen molar-refractivity contribution in [2.24, 2.45) is 0 Å². The lowest BCUT2D eigenvalue weighted by atomic mass is 10.2. The Morgan fingerprint density at radius 1 is 0.879 bits per heavy atom. The minimum absolute atomic E-state index is 0.192.